The van der Waals surface area contributed by atoms with E-state index < -0.39 is 0 Å². The summed E-state index contributed by atoms with van der Waals surface area (Å²) in [4.78, 5) is 4.55. The van der Waals surface area contributed by atoms with Crippen LogP contribution in [0.3, 0.4) is 0 Å². The molecule has 0 radical (unpaired) electrons. The number of aromatic nitrogens is 1. The molecule has 1 aromatic rings. The van der Waals surface area contributed by atoms with Crippen LogP contribution < -0.4 is 5.73 Å². The molecule has 3 aliphatic rings. The Kier molecular flexibility index (Phi) is 2.26. The van der Waals surface area contributed by atoms with E-state index in [9.17, 15) is 0 Å². The normalized spacial score (nSPS) is 36.1. The third kappa shape index (κ3) is 1.55. The summed E-state index contributed by atoms with van der Waals surface area (Å²) in [7, 11) is 1.71. The maximum atomic E-state index is 6.20. The largest absolute Gasteiger partial charge is 0.380 e. The molecule has 1 aromatic heterocycles. The van der Waals surface area contributed by atoms with Crippen LogP contribution in [0.2, 0.25) is 0 Å². The Balaban J connectivity index is 1.76. The number of methoxy groups -OCH3 is 1. The van der Waals surface area contributed by atoms with Crippen molar-refractivity contribution in [3.63, 3.8) is 0 Å². The summed E-state index contributed by atoms with van der Waals surface area (Å²) in [6, 6.07) is 4.26. The van der Waals surface area contributed by atoms with E-state index in [1.807, 2.05) is 6.20 Å². The minimum Gasteiger partial charge on any atom is -0.380 e. The lowest BCUT2D eigenvalue weighted by Gasteiger charge is -2.34. The molecule has 2 bridgehead atoms. The van der Waals surface area contributed by atoms with Crippen LogP contribution >= 0.6 is 0 Å². The van der Waals surface area contributed by atoms with Gasteiger partial charge in [0, 0.05) is 30.5 Å². The molecule has 3 nitrogen and oxygen atoms in total. The Morgan fingerprint density at radius 3 is 2.75 bits per heavy atom. The van der Waals surface area contributed by atoms with Gasteiger partial charge in [0.15, 0.2) is 0 Å². The highest BCUT2D eigenvalue weighted by Gasteiger charge is 2.54. The highest BCUT2D eigenvalue weighted by atomic mass is 16.5. The van der Waals surface area contributed by atoms with Crippen molar-refractivity contribution in [3.05, 3.63) is 29.6 Å². The maximum absolute atomic E-state index is 6.20. The number of pyridine rings is 1. The zero-order valence-electron chi connectivity index (χ0n) is 9.65. The van der Waals surface area contributed by atoms with Crippen molar-refractivity contribution >= 4 is 0 Å². The van der Waals surface area contributed by atoms with Crippen LogP contribution in [0.5, 0.6) is 0 Å². The molecule has 3 fully saturated rings. The molecule has 16 heavy (non-hydrogen) atoms. The Hall–Kier alpha value is -0.930. The Morgan fingerprint density at radius 2 is 2.25 bits per heavy atom. The lowest BCUT2D eigenvalue weighted by Crippen LogP contribution is -2.44. The average molecular weight is 218 g/mol. The number of nitrogens with zero attached hydrogens (tertiary/aromatic N) is 1. The molecule has 0 saturated heterocycles. The van der Waals surface area contributed by atoms with Gasteiger partial charge < -0.3 is 10.5 Å². The highest BCUT2D eigenvalue weighted by molar-refractivity contribution is 5.24. The van der Waals surface area contributed by atoms with Gasteiger partial charge in [-0.15, -0.1) is 0 Å². The van der Waals surface area contributed by atoms with Crippen molar-refractivity contribution in [2.75, 3.05) is 7.11 Å². The van der Waals surface area contributed by atoms with Crippen molar-refractivity contribution in [2.45, 2.75) is 37.3 Å². The fraction of sp³-hybridized carbons (Fsp3) is 0.615. The quantitative estimate of drug-likeness (QED) is 0.842. The zero-order chi connectivity index (χ0) is 11.2. The molecule has 3 aliphatic carbocycles. The molecule has 3 heteroatoms. The summed E-state index contributed by atoms with van der Waals surface area (Å²) in [5.41, 5.74) is 8.70. The monoisotopic (exact) mass is 218 g/mol. The fourth-order valence-corrected chi connectivity index (χ4v) is 3.29. The molecule has 86 valence electrons. The number of nitrogens with two attached hydrogens (primary N) is 1. The number of fused-ring (bicyclic) bond motifs is 1. The van der Waals surface area contributed by atoms with Crippen molar-refractivity contribution in [2.24, 2.45) is 11.7 Å². The summed E-state index contributed by atoms with van der Waals surface area (Å²) < 4.78 is 5.08. The topological polar surface area (TPSA) is 48.1 Å². The zero-order valence-corrected chi connectivity index (χ0v) is 9.65. The van der Waals surface area contributed by atoms with Gasteiger partial charge in [-0.05, 0) is 36.8 Å². The van der Waals surface area contributed by atoms with Gasteiger partial charge in [-0.25, -0.2) is 0 Å². The third-order valence-corrected chi connectivity index (χ3v) is 4.07. The fourth-order valence-electron chi connectivity index (χ4n) is 3.29. The van der Waals surface area contributed by atoms with Crippen LogP contribution in [0, 0.1) is 5.92 Å². The standard InChI is InChI=1S/C13H18N2O/c1-16-8-9-2-3-12(15-7-9)11-6-13(14)4-10(11)5-13/h2-3,7,10-11H,4-6,8,14H2,1H3. The van der Waals surface area contributed by atoms with Crippen LogP contribution in [0.15, 0.2) is 18.3 Å². The van der Waals surface area contributed by atoms with Gasteiger partial charge in [0.05, 0.1) is 6.61 Å². The lowest BCUT2D eigenvalue weighted by atomic mass is 9.77. The number of ether oxygens (including phenoxy) is 1. The van der Waals surface area contributed by atoms with E-state index in [0.29, 0.717) is 12.5 Å². The van der Waals surface area contributed by atoms with E-state index in [2.05, 4.69) is 17.1 Å². The molecule has 1 heterocycles. The SMILES string of the molecule is COCc1ccc(C2CC3(N)CC2C3)nc1. The molecular formula is C13H18N2O. The van der Waals surface area contributed by atoms with Gasteiger partial charge in [0.25, 0.3) is 0 Å². The van der Waals surface area contributed by atoms with Gasteiger partial charge in [-0.3, -0.25) is 4.98 Å². The molecule has 1 unspecified atom stereocenters. The Bertz CT molecular complexity index is 381. The number of rotatable bonds is 3. The Labute approximate surface area is 96.0 Å². The smallest absolute Gasteiger partial charge is 0.0728 e. The van der Waals surface area contributed by atoms with Crippen LogP contribution in [0.25, 0.3) is 0 Å². The number of hydrogen-bond donors (Lipinski definition) is 1. The van der Waals surface area contributed by atoms with E-state index in [4.69, 9.17) is 10.5 Å². The average Bonchev–Trinajstić information content (AvgIpc) is 2.73. The first-order chi connectivity index (χ1) is 7.70. The molecular weight excluding hydrogens is 200 g/mol. The van der Waals surface area contributed by atoms with Crippen molar-refractivity contribution in [1.29, 1.82) is 0 Å². The number of hydrogen-bond acceptors (Lipinski definition) is 3. The van der Waals surface area contributed by atoms with Crippen molar-refractivity contribution in [3.8, 4) is 0 Å². The molecule has 3 saturated carbocycles. The van der Waals surface area contributed by atoms with Crippen molar-refractivity contribution < 1.29 is 4.74 Å². The van der Waals surface area contributed by atoms with Gasteiger partial charge >= 0.3 is 0 Å². The van der Waals surface area contributed by atoms with Gasteiger partial charge in [0.2, 0.25) is 0 Å². The first kappa shape index (κ1) is 10.2. The molecule has 2 N–H and O–H groups in total. The van der Waals surface area contributed by atoms with Crippen LogP contribution in [0.1, 0.15) is 36.4 Å². The summed E-state index contributed by atoms with van der Waals surface area (Å²) in [5, 5.41) is 0. The lowest BCUT2D eigenvalue weighted by molar-refractivity contribution is 0.184. The predicted octanol–water partition coefficient (Wildman–Crippen LogP) is 1.82. The van der Waals surface area contributed by atoms with Gasteiger partial charge in [0.1, 0.15) is 0 Å². The van der Waals surface area contributed by atoms with Crippen LogP contribution in [-0.4, -0.2) is 17.6 Å². The van der Waals surface area contributed by atoms with E-state index in [-0.39, 0.29) is 5.54 Å². The summed E-state index contributed by atoms with van der Waals surface area (Å²) >= 11 is 0. The van der Waals surface area contributed by atoms with E-state index in [1.165, 1.54) is 18.5 Å². The van der Waals surface area contributed by atoms with Crippen molar-refractivity contribution in [1.82, 2.24) is 4.98 Å². The first-order valence-corrected chi connectivity index (χ1v) is 5.93. The van der Waals surface area contributed by atoms with Gasteiger partial charge in [-0.1, -0.05) is 6.07 Å². The molecule has 0 aliphatic heterocycles. The summed E-state index contributed by atoms with van der Waals surface area (Å²) in [5.74, 6) is 1.38. The van der Waals surface area contributed by atoms with Gasteiger partial charge in [-0.2, -0.15) is 0 Å². The predicted molar refractivity (Wildman–Crippen MR) is 62.0 cm³/mol. The van der Waals surface area contributed by atoms with E-state index in [1.54, 1.807) is 7.11 Å². The minimum atomic E-state index is 0.141. The van der Waals surface area contributed by atoms with E-state index >= 15 is 0 Å². The first-order valence-electron chi connectivity index (χ1n) is 5.93. The second-order valence-electron chi connectivity index (χ2n) is 5.37. The molecule has 1 atom stereocenters. The van der Waals surface area contributed by atoms with E-state index in [0.717, 1.165) is 17.9 Å². The van der Waals surface area contributed by atoms with Crippen LogP contribution in [0.4, 0.5) is 0 Å². The summed E-state index contributed by atoms with van der Waals surface area (Å²) in [6.07, 6.45) is 5.43. The Morgan fingerprint density at radius 1 is 1.44 bits per heavy atom. The molecule has 0 spiro atoms. The molecule has 0 amide bonds. The highest BCUT2D eigenvalue weighted by Crippen LogP contribution is 2.57. The third-order valence-electron chi connectivity index (χ3n) is 4.07. The second kappa shape index (κ2) is 3.54. The molecule has 4 rings (SSSR count). The minimum absolute atomic E-state index is 0.141. The second-order valence-corrected chi connectivity index (χ2v) is 5.37. The van der Waals surface area contributed by atoms with Crippen LogP contribution in [-0.2, 0) is 11.3 Å². The summed E-state index contributed by atoms with van der Waals surface area (Å²) in [6.45, 7) is 0.641. The molecule has 0 aromatic carbocycles. The maximum Gasteiger partial charge on any atom is 0.0728 e.